The second kappa shape index (κ2) is 7.45. The van der Waals surface area contributed by atoms with E-state index in [4.69, 9.17) is 4.74 Å². The SMILES string of the molecule is COC(=O)C(NC(=O)c1cccc(N(C)C)c1)c1ccccc1. The lowest BCUT2D eigenvalue weighted by atomic mass is 10.1. The van der Waals surface area contributed by atoms with Gasteiger partial charge in [-0.1, -0.05) is 36.4 Å². The van der Waals surface area contributed by atoms with Crippen LogP contribution < -0.4 is 10.2 Å². The molecule has 0 radical (unpaired) electrons. The third-order valence-electron chi connectivity index (χ3n) is 3.47. The Morgan fingerprint density at radius 3 is 2.35 bits per heavy atom. The monoisotopic (exact) mass is 312 g/mol. The molecule has 0 fully saturated rings. The van der Waals surface area contributed by atoms with Gasteiger partial charge in [0.05, 0.1) is 7.11 Å². The van der Waals surface area contributed by atoms with E-state index in [0.717, 1.165) is 5.69 Å². The molecule has 2 rings (SSSR count). The summed E-state index contributed by atoms with van der Waals surface area (Å²) < 4.78 is 4.80. The molecule has 120 valence electrons. The fraction of sp³-hybridized carbons (Fsp3) is 0.222. The highest BCUT2D eigenvalue weighted by atomic mass is 16.5. The van der Waals surface area contributed by atoms with E-state index in [1.54, 1.807) is 30.3 Å². The van der Waals surface area contributed by atoms with E-state index in [0.29, 0.717) is 11.1 Å². The van der Waals surface area contributed by atoms with Crippen LogP contribution in [0, 0.1) is 0 Å². The minimum atomic E-state index is -0.836. The van der Waals surface area contributed by atoms with Gasteiger partial charge in [-0.3, -0.25) is 4.79 Å². The molecule has 0 heterocycles. The molecule has 5 nitrogen and oxygen atoms in total. The lowest BCUT2D eigenvalue weighted by Crippen LogP contribution is -2.34. The van der Waals surface area contributed by atoms with E-state index in [1.807, 2.05) is 43.3 Å². The van der Waals surface area contributed by atoms with E-state index < -0.39 is 12.0 Å². The van der Waals surface area contributed by atoms with Crippen molar-refractivity contribution < 1.29 is 14.3 Å². The summed E-state index contributed by atoms with van der Waals surface area (Å²) in [5.74, 6) is -0.832. The first-order valence-corrected chi connectivity index (χ1v) is 7.24. The van der Waals surface area contributed by atoms with E-state index >= 15 is 0 Å². The number of rotatable bonds is 5. The van der Waals surface area contributed by atoms with Crippen LogP contribution in [-0.4, -0.2) is 33.1 Å². The molecule has 1 amide bonds. The number of methoxy groups -OCH3 is 1. The van der Waals surface area contributed by atoms with Crippen LogP contribution in [0.15, 0.2) is 54.6 Å². The predicted octanol–water partition coefficient (Wildman–Crippen LogP) is 2.40. The average Bonchev–Trinajstić information content (AvgIpc) is 2.59. The second-order valence-electron chi connectivity index (χ2n) is 5.29. The second-order valence-corrected chi connectivity index (χ2v) is 5.29. The first kappa shape index (κ1) is 16.5. The molecule has 2 aromatic carbocycles. The topological polar surface area (TPSA) is 58.6 Å². The van der Waals surface area contributed by atoms with Gasteiger partial charge in [-0.25, -0.2) is 4.79 Å². The molecule has 23 heavy (non-hydrogen) atoms. The predicted molar refractivity (Wildman–Crippen MR) is 89.4 cm³/mol. The summed E-state index contributed by atoms with van der Waals surface area (Å²) in [5, 5.41) is 2.73. The number of ether oxygens (including phenoxy) is 1. The Bertz CT molecular complexity index is 684. The largest absolute Gasteiger partial charge is 0.467 e. The molecule has 0 bridgehead atoms. The van der Waals surface area contributed by atoms with E-state index in [1.165, 1.54) is 7.11 Å². The van der Waals surface area contributed by atoms with Crippen molar-refractivity contribution in [2.45, 2.75) is 6.04 Å². The van der Waals surface area contributed by atoms with Crippen molar-refractivity contribution in [3.8, 4) is 0 Å². The summed E-state index contributed by atoms with van der Waals surface area (Å²) in [6, 6.07) is 15.4. The molecule has 1 atom stereocenters. The molecule has 0 aliphatic rings. The number of hydrogen-bond donors (Lipinski definition) is 1. The molecule has 0 saturated carbocycles. The van der Waals surface area contributed by atoms with Crippen molar-refractivity contribution in [2.75, 3.05) is 26.1 Å². The van der Waals surface area contributed by atoms with E-state index in [9.17, 15) is 9.59 Å². The van der Waals surface area contributed by atoms with Crippen molar-refractivity contribution in [1.29, 1.82) is 0 Å². The third-order valence-corrected chi connectivity index (χ3v) is 3.47. The highest BCUT2D eigenvalue weighted by Gasteiger charge is 2.24. The zero-order valence-corrected chi connectivity index (χ0v) is 13.4. The van der Waals surface area contributed by atoms with Gasteiger partial charge in [-0.2, -0.15) is 0 Å². The number of nitrogens with one attached hydrogen (secondary N) is 1. The lowest BCUT2D eigenvalue weighted by molar-refractivity contribution is -0.143. The molecule has 1 unspecified atom stereocenters. The summed E-state index contributed by atoms with van der Waals surface area (Å²) in [6.07, 6.45) is 0. The van der Waals surface area contributed by atoms with Gasteiger partial charge in [0, 0.05) is 25.3 Å². The maximum atomic E-state index is 12.5. The van der Waals surface area contributed by atoms with Crippen LogP contribution in [-0.2, 0) is 9.53 Å². The molecule has 0 saturated heterocycles. The van der Waals surface area contributed by atoms with Crippen LogP contribution >= 0.6 is 0 Å². The van der Waals surface area contributed by atoms with Gasteiger partial charge in [0.1, 0.15) is 0 Å². The Morgan fingerprint density at radius 2 is 1.74 bits per heavy atom. The molecule has 2 aromatic rings. The number of hydrogen-bond acceptors (Lipinski definition) is 4. The average molecular weight is 312 g/mol. The minimum Gasteiger partial charge on any atom is -0.467 e. The highest BCUT2D eigenvalue weighted by molar-refractivity contribution is 5.97. The molecule has 0 aromatic heterocycles. The number of amides is 1. The maximum Gasteiger partial charge on any atom is 0.333 e. The maximum absolute atomic E-state index is 12.5. The first-order valence-electron chi connectivity index (χ1n) is 7.24. The summed E-state index contributed by atoms with van der Waals surface area (Å²) >= 11 is 0. The van der Waals surface area contributed by atoms with E-state index in [-0.39, 0.29) is 5.91 Å². The minimum absolute atomic E-state index is 0.326. The number of esters is 1. The van der Waals surface area contributed by atoms with Crippen LogP contribution in [0.3, 0.4) is 0 Å². The highest BCUT2D eigenvalue weighted by Crippen LogP contribution is 2.17. The summed E-state index contributed by atoms with van der Waals surface area (Å²) in [7, 11) is 5.10. The van der Waals surface area contributed by atoms with Gasteiger partial charge >= 0.3 is 5.97 Å². The third kappa shape index (κ3) is 4.10. The van der Waals surface area contributed by atoms with Crippen molar-refractivity contribution in [1.82, 2.24) is 5.32 Å². The quantitative estimate of drug-likeness (QED) is 0.861. The van der Waals surface area contributed by atoms with Gasteiger partial charge in [0.15, 0.2) is 6.04 Å². The normalized spacial score (nSPS) is 11.4. The Hall–Kier alpha value is -2.82. The van der Waals surface area contributed by atoms with Gasteiger partial charge in [0.2, 0.25) is 0 Å². The fourth-order valence-electron chi connectivity index (χ4n) is 2.18. The Balaban J connectivity index is 2.24. The zero-order chi connectivity index (χ0) is 16.8. The number of anilines is 1. The molecular formula is C18H20N2O3. The van der Waals surface area contributed by atoms with Gasteiger partial charge in [0.25, 0.3) is 5.91 Å². The van der Waals surface area contributed by atoms with Crippen molar-refractivity contribution in [2.24, 2.45) is 0 Å². The smallest absolute Gasteiger partial charge is 0.333 e. The van der Waals surface area contributed by atoms with Gasteiger partial charge in [-0.15, -0.1) is 0 Å². The van der Waals surface area contributed by atoms with Crippen LogP contribution in [0.1, 0.15) is 22.0 Å². The van der Waals surface area contributed by atoms with Crippen LogP contribution in [0.4, 0.5) is 5.69 Å². The van der Waals surface area contributed by atoms with E-state index in [2.05, 4.69) is 5.32 Å². The first-order chi connectivity index (χ1) is 11.0. The van der Waals surface area contributed by atoms with Crippen molar-refractivity contribution >= 4 is 17.6 Å². The van der Waals surface area contributed by atoms with Crippen LogP contribution in [0.5, 0.6) is 0 Å². The molecule has 1 N–H and O–H groups in total. The summed E-state index contributed by atoms with van der Waals surface area (Å²) in [5.41, 5.74) is 2.07. The summed E-state index contributed by atoms with van der Waals surface area (Å²) in [4.78, 5) is 26.4. The van der Waals surface area contributed by atoms with Crippen molar-refractivity contribution in [3.63, 3.8) is 0 Å². The zero-order valence-electron chi connectivity index (χ0n) is 13.4. The van der Waals surface area contributed by atoms with Crippen LogP contribution in [0.25, 0.3) is 0 Å². The Morgan fingerprint density at radius 1 is 1.04 bits per heavy atom. The molecular weight excluding hydrogens is 292 g/mol. The van der Waals surface area contributed by atoms with Crippen molar-refractivity contribution in [3.05, 3.63) is 65.7 Å². The molecule has 0 aliphatic heterocycles. The summed E-state index contributed by atoms with van der Waals surface area (Å²) in [6.45, 7) is 0. The Kier molecular flexibility index (Phi) is 5.36. The number of carbonyl (C=O) groups is 2. The standard InChI is InChI=1S/C18H20N2O3/c1-20(2)15-11-7-10-14(12-15)17(21)19-16(18(22)23-3)13-8-5-4-6-9-13/h4-12,16H,1-3H3,(H,19,21). The number of benzene rings is 2. The molecule has 0 spiro atoms. The van der Waals surface area contributed by atoms with Crippen LogP contribution in [0.2, 0.25) is 0 Å². The van der Waals surface area contributed by atoms with Gasteiger partial charge < -0.3 is 15.0 Å². The number of carbonyl (C=O) groups excluding carboxylic acids is 2. The van der Waals surface area contributed by atoms with Gasteiger partial charge in [-0.05, 0) is 23.8 Å². The fourth-order valence-corrected chi connectivity index (χ4v) is 2.18. The Labute approximate surface area is 135 Å². The molecule has 5 heteroatoms. The number of nitrogens with zero attached hydrogens (tertiary/aromatic N) is 1. The molecule has 0 aliphatic carbocycles. The lowest BCUT2D eigenvalue weighted by Gasteiger charge is -2.18.